The molecule has 26 heavy (non-hydrogen) atoms. The minimum absolute atomic E-state index is 0.355. The second kappa shape index (κ2) is 8.95. The van der Waals surface area contributed by atoms with Crippen LogP contribution in [0.5, 0.6) is 0 Å². The number of esters is 1. The Morgan fingerprint density at radius 1 is 1.27 bits per heavy atom. The van der Waals surface area contributed by atoms with E-state index in [9.17, 15) is 24.1 Å². The van der Waals surface area contributed by atoms with Gasteiger partial charge >= 0.3 is 5.97 Å². The second-order valence-corrected chi connectivity index (χ2v) is 6.56. The molecule has 1 amide bonds. The third-order valence-electron chi connectivity index (χ3n) is 3.17. The number of nitro groups is 1. The van der Waals surface area contributed by atoms with E-state index in [0.29, 0.717) is 0 Å². The van der Waals surface area contributed by atoms with Gasteiger partial charge in [-0.1, -0.05) is 18.2 Å². The molecule has 136 valence electrons. The van der Waals surface area contributed by atoms with Crippen LogP contribution in [0.2, 0.25) is 0 Å². The van der Waals surface area contributed by atoms with Gasteiger partial charge in [-0.05, 0) is 25.1 Å². The molecular formula is C17H15FN2O5S. The normalized spacial score (nSPS) is 11.5. The lowest BCUT2D eigenvalue weighted by Crippen LogP contribution is -2.25. The van der Waals surface area contributed by atoms with E-state index in [4.69, 9.17) is 4.74 Å². The second-order valence-electron chi connectivity index (χ2n) is 5.15. The molecule has 0 saturated carbocycles. The Kier molecular flexibility index (Phi) is 6.67. The summed E-state index contributed by atoms with van der Waals surface area (Å²) in [7, 11) is 0. The van der Waals surface area contributed by atoms with Crippen molar-refractivity contribution in [1.82, 2.24) is 0 Å². The number of nitrogens with zero attached hydrogens (tertiary/aromatic N) is 1. The van der Waals surface area contributed by atoms with Crippen LogP contribution in [-0.4, -0.2) is 28.7 Å². The van der Waals surface area contributed by atoms with Crippen molar-refractivity contribution in [3.05, 3.63) is 64.5 Å². The number of benzene rings is 2. The molecule has 0 radical (unpaired) electrons. The Balaban J connectivity index is 1.87. The fourth-order valence-corrected chi connectivity index (χ4v) is 2.80. The number of ether oxygens (including phenoxy) is 1. The van der Waals surface area contributed by atoms with E-state index in [1.807, 2.05) is 30.3 Å². The van der Waals surface area contributed by atoms with Gasteiger partial charge in [0.1, 0.15) is 11.1 Å². The largest absolute Gasteiger partial charge is 0.455 e. The van der Waals surface area contributed by atoms with Gasteiger partial charge in [-0.3, -0.25) is 19.7 Å². The lowest BCUT2D eigenvalue weighted by Gasteiger charge is -2.11. The number of anilines is 1. The Bertz CT molecular complexity index is 816. The summed E-state index contributed by atoms with van der Waals surface area (Å²) in [5, 5.41) is 12.3. The van der Waals surface area contributed by atoms with Gasteiger partial charge in [-0.2, -0.15) is 0 Å². The van der Waals surface area contributed by atoms with Crippen LogP contribution < -0.4 is 5.32 Å². The monoisotopic (exact) mass is 378 g/mol. The van der Waals surface area contributed by atoms with E-state index in [2.05, 4.69) is 5.32 Å². The van der Waals surface area contributed by atoms with E-state index >= 15 is 0 Å². The summed E-state index contributed by atoms with van der Waals surface area (Å²) in [6, 6.07) is 11.9. The molecule has 0 aliphatic carbocycles. The molecule has 2 aromatic carbocycles. The van der Waals surface area contributed by atoms with Crippen LogP contribution in [0.15, 0.2) is 53.4 Å². The smallest absolute Gasteiger partial charge is 0.319 e. The number of rotatable bonds is 7. The number of halogens is 1. The number of carbonyl (C=O) groups excluding carboxylic acids is 2. The average molecular weight is 378 g/mol. The van der Waals surface area contributed by atoms with Gasteiger partial charge in [0, 0.05) is 17.0 Å². The van der Waals surface area contributed by atoms with E-state index in [1.165, 1.54) is 11.8 Å². The summed E-state index contributed by atoms with van der Waals surface area (Å²) in [4.78, 5) is 34.6. The van der Waals surface area contributed by atoms with Crippen LogP contribution in [0.1, 0.15) is 6.92 Å². The van der Waals surface area contributed by atoms with Gasteiger partial charge in [0.05, 0.1) is 10.6 Å². The molecule has 0 bridgehead atoms. The van der Waals surface area contributed by atoms with Crippen molar-refractivity contribution in [3.63, 3.8) is 0 Å². The summed E-state index contributed by atoms with van der Waals surface area (Å²) >= 11 is 1.27. The highest BCUT2D eigenvalue weighted by atomic mass is 32.2. The zero-order valence-corrected chi connectivity index (χ0v) is 14.5. The number of nitrogens with one attached hydrogen (secondary N) is 1. The highest BCUT2D eigenvalue weighted by molar-refractivity contribution is 8.00. The lowest BCUT2D eigenvalue weighted by molar-refractivity contribution is -0.384. The summed E-state index contributed by atoms with van der Waals surface area (Å²) < 4.78 is 18.5. The molecule has 1 N–H and O–H groups in total. The minimum Gasteiger partial charge on any atom is -0.455 e. The summed E-state index contributed by atoms with van der Waals surface area (Å²) in [5.74, 6) is -2.23. The molecule has 2 aromatic rings. The first-order valence-corrected chi connectivity index (χ1v) is 8.37. The van der Waals surface area contributed by atoms with Crippen LogP contribution in [0.4, 0.5) is 15.8 Å². The van der Waals surface area contributed by atoms with Crippen LogP contribution >= 0.6 is 11.8 Å². The molecule has 2 rings (SSSR count). The first kappa shape index (κ1) is 19.4. The van der Waals surface area contributed by atoms with Crippen molar-refractivity contribution < 1.29 is 23.6 Å². The van der Waals surface area contributed by atoms with Gasteiger partial charge in [-0.15, -0.1) is 11.8 Å². The fraction of sp³-hybridized carbons (Fsp3) is 0.176. The van der Waals surface area contributed by atoms with Gasteiger partial charge in [0.2, 0.25) is 0 Å². The molecule has 1 atom stereocenters. The van der Waals surface area contributed by atoms with Gasteiger partial charge < -0.3 is 10.1 Å². The first-order valence-electron chi connectivity index (χ1n) is 7.49. The quantitative estimate of drug-likeness (QED) is 0.343. The summed E-state index contributed by atoms with van der Waals surface area (Å²) in [6.07, 6.45) is 0. The molecule has 0 spiro atoms. The molecule has 0 aliphatic heterocycles. The van der Waals surface area contributed by atoms with Crippen LogP contribution in [-0.2, 0) is 14.3 Å². The van der Waals surface area contributed by atoms with Crippen LogP contribution in [0, 0.1) is 15.9 Å². The van der Waals surface area contributed by atoms with E-state index in [1.54, 1.807) is 6.92 Å². The molecule has 7 nitrogen and oxygen atoms in total. The fourth-order valence-electron chi connectivity index (χ4n) is 1.91. The molecule has 0 fully saturated rings. The number of non-ortho nitro benzene ring substituents is 1. The number of carbonyl (C=O) groups is 2. The maximum Gasteiger partial charge on any atom is 0.319 e. The topological polar surface area (TPSA) is 98.5 Å². The lowest BCUT2D eigenvalue weighted by atomic mass is 10.2. The first-order chi connectivity index (χ1) is 12.4. The van der Waals surface area contributed by atoms with Crippen molar-refractivity contribution in [1.29, 1.82) is 0 Å². The van der Waals surface area contributed by atoms with E-state index < -0.39 is 34.5 Å². The average Bonchev–Trinajstić information content (AvgIpc) is 2.62. The van der Waals surface area contributed by atoms with Crippen molar-refractivity contribution in [2.75, 3.05) is 11.9 Å². The zero-order chi connectivity index (χ0) is 19.1. The third-order valence-corrected chi connectivity index (χ3v) is 4.26. The van der Waals surface area contributed by atoms with E-state index in [-0.39, 0.29) is 11.4 Å². The molecule has 9 heteroatoms. The Morgan fingerprint density at radius 3 is 2.62 bits per heavy atom. The van der Waals surface area contributed by atoms with Crippen molar-refractivity contribution >= 4 is 35.0 Å². The Labute approximate surface area is 152 Å². The molecule has 0 aliphatic rings. The van der Waals surface area contributed by atoms with Gasteiger partial charge in [0.25, 0.3) is 11.6 Å². The number of thioether (sulfide) groups is 1. The number of nitro benzene ring substituents is 1. The van der Waals surface area contributed by atoms with Crippen molar-refractivity contribution in [3.8, 4) is 0 Å². The highest BCUT2D eigenvalue weighted by Gasteiger charge is 2.18. The minimum atomic E-state index is -0.830. The molecule has 0 heterocycles. The molecular weight excluding hydrogens is 363 g/mol. The highest BCUT2D eigenvalue weighted by Crippen LogP contribution is 2.24. The van der Waals surface area contributed by atoms with Crippen molar-refractivity contribution in [2.45, 2.75) is 17.1 Å². The van der Waals surface area contributed by atoms with Gasteiger partial charge in [0.15, 0.2) is 6.61 Å². The van der Waals surface area contributed by atoms with Gasteiger partial charge in [-0.25, -0.2) is 4.39 Å². The third kappa shape index (κ3) is 5.55. The standard InChI is InChI=1S/C17H15FN2O5S/c1-11(26-13-5-3-2-4-6-13)17(22)25-10-16(21)19-15-9-12(20(23)24)7-8-14(15)18/h2-9,11H,10H2,1H3,(H,19,21)/t11-/m0/s1. The maximum absolute atomic E-state index is 13.6. The predicted molar refractivity (Wildman–Crippen MR) is 94.4 cm³/mol. The number of amides is 1. The number of hydrogen-bond donors (Lipinski definition) is 1. The van der Waals surface area contributed by atoms with E-state index in [0.717, 1.165) is 23.1 Å². The molecule has 0 unspecified atom stereocenters. The molecule has 0 saturated heterocycles. The zero-order valence-electron chi connectivity index (χ0n) is 13.7. The Morgan fingerprint density at radius 2 is 1.96 bits per heavy atom. The van der Waals surface area contributed by atoms with Crippen molar-refractivity contribution in [2.24, 2.45) is 0 Å². The Hall–Kier alpha value is -2.94. The molecule has 0 aromatic heterocycles. The SMILES string of the molecule is C[C@H](Sc1ccccc1)C(=O)OCC(=O)Nc1cc([N+](=O)[O-])ccc1F. The summed E-state index contributed by atoms with van der Waals surface area (Å²) in [6.45, 7) is 1.01. The van der Waals surface area contributed by atoms with Crippen LogP contribution in [0.3, 0.4) is 0 Å². The predicted octanol–water partition coefficient (Wildman–Crippen LogP) is 3.40. The summed E-state index contributed by atoms with van der Waals surface area (Å²) in [5.41, 5.74) is -0.724. The maximum atomic E-state index is 13.6. The van der Waals surface area contributed by atoms with Crippen LogP contribution in [0.25, 0.3) is 0 Å². The number of hydrogen-bond acceptors (Lipinski definition) is 6.